The summed E-state index contributed by atoms with van der Waals surface area (Å²) in [6.07, 6.45) is 0. The Morgan fingerprint density at radius 2 is 0.812 bits per heavy atom. The molecule has 0 atom stereocenters. The SMILES string of the molecule is c1ccc(-c2ccc(-c3ccc(N(c4ccc(-c5cccc6ccccc56)cc4)c4ccccc4-c4cccc5oc6c7ccccc7ccc6c45)cc3)cc2-c2ccccc2)cc1. The van der Waals surface area contributed by atoms with Crippen molar-refractivity contribution in [2.75, 3.05) is 4.90 Å². The van der Waals surface area contributed by atoms with Gasteiger partial charge in [0, 0.05) is 33.1 Å². The van der Waals surface area contributed by atoms with Crippen molar-refractivity contribution in [1.29, 1.82) is 0 Å². The summed E-state index contributed by atoms with van der Waals surface area (Å²) in [5.74, 6) is 0. The quantitative estimate of drug-likeness (QED) is 0.152. The molecule has 0 bridgehead atoms. The van der Waals surface area contributed by atoms with Crippen molar-refractivity contribution in [2.45, 2.75) is 0 Å². The van der Waals surface area contributed by atoms with Gasteiger partial charge in [0.05, 0.1) is 5.69 Å². The van der Waals surface area contributed by atoms with Crippen LogP contribution in [0.15, 0.2) is 253 Å². The first-order valence-corrected chi connectivity index (χ1v) is 21.9. The lowest BCUT2D eigenvalue weighted by molar-refractivity contribution is 0.673. The highest BCUT2D eigenvalue weighted by molar-refractivity contribution is 6.19. The van der Waals surface area contributed by atoms with E-state index in [4.69, 9.17) is 4.42 Å². The van der Waals surface area contributed by atoms with Gasteiger partial charge in [-0.1, -0.05) is 200 Å². The van der Waals surface area contributed by atoms with Crippen LogP contribution in [-0.4, -0.2) is 0 Å². The Morgan fingerprint density at radius 1 is 0.281 bits per heavy atom. The predicted molar refractivity (Wildman–Crippen MR) is 271 cm³/mol. The Hall–Kier alpha value is -8.46. The van der Waals surface area contributed by atoms with Crippen LogP contribution in [0.5, 0.6) is 0 Å². The van der Waals surface area contributed by atoms with Crippen molar-refractivity contribution < 1.29 is 4.42 Å². The highest BCUT2D eigenvalue weighted by Crippen LogP contribution is 2.46. The molecule has 2 nitrogen and oxygen atoms in total. The summed E-state index contributed by atoms with van der Waals surface area (Å²) < 4.78 is 6.69. The lowest BCUT2D eigenvalue weighted by atomic mass is 9.91. The van der Waals surface area contributed by atoms with Gasteiger partial charge in [-0.3, -0.25) is 0 Å². The highest BCUT2D eigenvalue weighted by Gasteiger charge is 2.21. The molecule has 0 saturated carbocycles. The second-order valence-corrected chi connectivity index (χ2v) is 16.4. The van der Waals surface area contributed by atoms with Gasteiger partial charge in [0.15, 0.2) is 0 Å². The third-order valence-corrected chi connectivity index (χ3v) is 12.7. The summed E-state index contributed by atoms with van der Waals surface area (Å²) in [6, 6.07) is 89.6. The van der Waals surface area contributed by atoms with E-state index in [1.807, 2.05) is 0 Å². The molecule has 1 aromatic heterocycles. The van der Waals surface area contributed by atoms with E-state index < -0.39 is 0 Å². The maximum atomic E-state index is 6.69. The maximum Gasteiger partial charge on any atom is 0.143 e. The van der Waals surface area contributed by atoms with E-state index in [0.717, 1.165) is 61.1 Å². The Labute approximate surface area is 372 Å². The molecular weight excluding hydrogens is 775 g/mol. The van der Waals surface area contributed by atoms with E-state index in [9.17, 15) is 0 Å². The first-order valence-electron chi connectivity index (χ1n) is 21.9. The standard InChI is InChI=1S/C62H41NO/c1-3-15-43(16-4-1)53-39-34-48(41-58(53)45-17-5-2-6-18-45)42-29-35-49(36-30-42)63(50-37-31-47(32-38-50)52-25-13-21-44-19-7-9-22-51(44)52)59-27-12-11-24-55(59)56-26-14-28-60-61(56)57-40-33-46-20-8-10-23-54(46)62(57)64-60/h1-41H. The van der Waals surface area contributed by atoms with Gasteiger partial charge in [-0.2, -0.15) is 0 Å². The van der Waals surface area contributed by atoms with Crippen molar-refractivity contribution in [1.82, 2.24) is 0 Å². The molecule has 300 valence electrons. The fourth-order valence-electron chi connectivity index (χ4n) is 9.62. The number of nitrogens with zero attached hydrogens (tertiary/aromatic N) is 1. The lowest BCUT2D eigenvalue weighted by Crippen LogP contribution is -2.11. The van der Waals surface area contributed by atoms with Crippen LogP contribution in [0.4, 0.5) is 17.1 Å². The molecule has 1 heterocycles. The Morgan fingerprint density at radius 3 is 1.56 bits per heavy atom. The number of rotatable bonds is 8. The molecular formula is C62H41NO. The second kappa shape index (κ2) is 15.8. The first kappa shape index (κ1) is 37.3. The van der Waals surface area contributed by atoms with Crippen molar-refractivity contribution in [3.63, 3.8) is 0 Å². The van der Waals surface area contributed by atoms with Crippen LogP contribution >= 0.6 is 0 Å². The van der Waals surface area contributed by atoms with E-state index in [2.05, 4.69) is 254 Å². The summed E-state index contributed by atoms with van der Waals surface area (Å²) in [6.45, 7) is 0. The smallest absolute Gasteiger partial charge is 0.143 e. The van der Waals surface area contributed by atoms with Crippen molar-refractivity contribution in [3.8, 4) is 55.6 Å². The summed E-state index contributed by atoms with van der Waals surface area (Å²) >= 11 is 0. The van der Waals surface area contributed by atoms with E-state index in [0.29, 0.717) is 0 Å². The van der Waals surface area contributed by atoms with Gasteiger partial charge in [-0.05, 0) is 115 Å². The molecule has 0 aliphatic carbocycles. The number of hydrogen-bond donors (Lipinski definition) is 0. The zero-order valence-corrected chi connectivity index (χ0v) is 35.0. The van der Waals surface area contributed by atoms with Gasteiger partial charge in [0.1, 0.15) is 11.2 Å². The molecule has 11 aromatic carbocycles. The minimum Gasteiger partial charge on any atom is -0.455 e. The average Bonchev–Trinajstić information content (AvgIpc) is 3.77. The lowest BCUT2D eigenvalue weighted by Gasteiger charge is -2.28. The first-order chi connectivity index (χ1) is 31.7. The number of anilines is 3. The van der Waals surface area contributed by atoms with Crippen LogP contribution in [0.1, 0.15) is 0 Å². The normalized spacial score (nSPS) is 11.4. The number of benzene rings is 11. The van der Waals surface area contributed by atoms with Crippen LogP contribution in [0.2, 0.25) is 0 Å². The predicted octanol–water partition coefficient (Wildman–Crippen LogP) is 17.7. The number of para-hydroxylation sites is 1. The summed E-state index contributed by atoms with van der Waals surface area (Å²) in [5, 5.41) is 7.00. The summed E-state index contributed by atoms with van der Waals surface area (Å²) in [7, 11) is 0. The number of hydrogen-bond acceptors (Lipinski definition) is 2. The second-order valence-electron chi connectivity index (χ2n) is 16.4. The van der Waals surface area contributed by atoms with Crippen molar-refractivity contribution in [2.24, 2.45) is 0 Å². The van der Waals surface area contributed by atoms with Gasteiger partial charge in [-0.25, -0.2) is 0 Å². The zero-order chi connectivity index (χ0) is 42.4. The summed E-state index contributed by atoms with van der Waals surface area (Å²) in [4.78, 5) is 2.40. The topological polar surface area (TPSA) is 16.4 Å². The molecule has 0 amide bonds. The van der Waals surface area contributed by atoms with Gasteiger partial charge < -0.3 is 9.32 Å². The maximum absolute atomic E-state index is 6.69. The Balaban J connectivity index is 1.01. The zero-order valence-electron chi connectivity index (χ0n) is 35.0. The molecule has 2 heteroatoms. The van der Waals surface area contributed by atoms with Crippen LogP contribution in [0, 0.1) is 0 Å². The molecule has 0 spiro atoms. The van der Waals surface area contributed by atoms with Gasteiger partial charge >= 0.3 is 0 Å². The van der Waals surface area contributed by atoms with Crippen LogP contribution in [0.25, 0.3) is 99.1 Å². The fourth-order valence-corrected chi connectivity index (χ4v) is 9.62. The molecule has 0 saturated heterocycles. The van der Waals surface area contributed by atoms with E-state index in [1.165, 1.54) is 55.1 Å². The molecule has 0 N–H and O–H groups in total. The van der Waals surface area contributed by atoms with Gasteiger partial charge in [0.25, 0.3) is 0 Å². The summed E-state index contributed by atoms with van der Waals surface area (Å²) in [5.41, 5.74) is 16.8. The van der Waals surface area contributed by atoms with E-state index >= 15 is 0 Å². The molecule has 12 aromatic rings. The third kappa shape index (κ3) is 6.52. The van der Waals surface area contributed by atoms with Gasteiger partial charge in [-0.15, -0.1) is 0 Å². The molecule has 0 aliphatic rings. The fraction of sp³-hybridized carbons (Fsp3) is 0. The van der Waals surface area contributed by atoms with Crippen LogP contribution < -0.4 is 4.90 Å². The van der Waals surface area contributed by atoms with Crippen molar-refractivity contribution in [3.05, 3.63) is 249 Å². The molecule has 0 unspecified atom stereocenters. The van der Waals surface area contributed by atoms with Crippen LogP contribution in [0.3, 0.4) is 0 Å². The van der Waals surface area contributed by atoms with Gasteiger partial charge in [0.2, 0.25) is 0 Å². The highest BCUT2D eigenvalue weighted by atomic mass is 16.3. The third-order valence-electron chi connectivity index (χ3n) is 12.7. The Kier molecular flexibility index (Phi) is 9.20. The van der Waals surface area contributed by atoms with Crippen molar-refractivity contribution >= 4 is 60.5 Å². The average molecular weight is 816 g/mol. The molecule has 0 fully saturated rings. The minimum atomic E-state index is 0.877. The number of fused-ring (bicyclic) bond motifs is 6. The van der Waals surface area contributed by atoms with Crippen LogP contribution in [-0.2, 0) is 0 Å². The molecule has 0 radical (unpaired) electrons. The Bertz CT molecular complexity index is 3640. The molecule has 0 aliphatic heterocycles. The molecule has 64 heavy (non-hydrogen) atoms. The molecule has 12 rings (SSSR count). The van der Waals surface area contributed by atoms with E-state index in [-0.39, 0.29) is 0 Å². The minimum absolute atomic E-state index is 0.877. The monoisotopic (exact) mass is 815 g/mol. The largest absolute Gasteiger partial charge is 0.455 e. The van der Waals surface area contributed by atoms with E-state index in [1.54, 1.807) is 0 Å². The number of furan rings is 1.